The second-order valence-electron chi connectivity index (χ2n) is 2.29. The second kappa shape index (κ2) is 3.76. The minimum Gasteiger partial charge on any atom is -0.366 e. The molecule has 0 aromatic heterocycles. The van der Waals surface area contributed by atoms with Crippen LogP contribution in [-0.4, -0.2) is 12.4 Å². The van der Waals surface area contributed by atoms with Gasteiger partial charge in [-0.25, -0.2) is 4.99 Å². The Balaban J connectivity index is 2.77. The van der Waals surface area contributed by atoms with Gasteiger partial charge in [0.05, 0.1) is 12.4 Å². The van der Waals surface area contributed by atoms with Gasteiger partial charge in [0, 0.05) is 6.20 Å². The molecular weight excluding hydrogens is 136 g/mol. The maximum atomic E-state index is 3.98. The van der Waals surface area contributed by atoms with Gasteiger partial charge in [0.1, 0.15) is 0 Å². The first kappa shape index (κ1) is 7.79. The Morgan fingerprint density at radius 2 is 2.55 bits per heavy atom. The highest BCUT2D eigenvalue weighted by Gasteiger charge is 2.07. The first-order chi connectivity index (χ1) is 5.38. The summed E-state index contributed by atoms with van der Waals surface area (Å²) in [7, 11) is 0. The first-order valence-electron chi connectivity index (χ1n) is 3.61. The predicted octanol–water partition coefficient (Wildman–Crippen LogP) is 1.63. The topological polar surface area (TPSA) is 24.4 Å². The summed E-state index contributed by atoms with van der Waals surface area (Å²) >= 11 is 0. The number of hydrogen-bond donors (Lipinski definition) is 1. The maximum absolute atomic E-state index is 3.98. The van der Waals surface area contributed by atoms with Crippen LogP contribution in [-0.2, 0) is 0 Å². The molecule has 1 heterocycles. The average molecular weight is 148 g/mol. The van der Waals surface area contributed by atoms with Crippen molar-refractivity contribution in [2.75, 3.05) is 0 Å². The Morgan fingerprint density at radius 3 is 3.18 bits per heavy atom. The number of aliphatic imine (C=N–C) groups is 1. The van der Waals surface area contributed by atoms with Crippen LogP contribution in [0.1, 0.15) is 6.92 Å². The zero-order valence-corrected chi connectivity index (χ0v) is 6.62. The molecule has 0 aliphatic carbocycles. The number of hydrogen-bond acceptors (Lipinski definition) is 2. The van der Waals surface area contributed by atoms with Crippen LogP contribution in [0, 0.1) is 0 Å². The standard InChI is InChI=1S/C9H12N2/c1-3-5-8-6-10-7-11-9(8)4-2/h3-7,9H,2H2,1H3,(H,10,11)/b5-3-. The van der Waals surface area contributed by atoms with Crippen molar-refractivity contribution >= 4 is 6.34 Å². The molecule has 0 radical (unpaired) electrons. The second-order valence-corrected chi connectivity index (χ2v) is 2.29. The van der Waals surface area contributed by atoms with E-state index < -0.39 is 0 Å². The highest BCUT2D eigenvalue weighted by atomic mass is 15.0. The van der Waals surface area contributed by atoms with Crippen molar-refractivity contribution in [2.24, 2.45) is 4.99 Å². The maximum Gasteiger partial charge on any atom is 0.0886 e. The predicted molar refractivity (Wildman–Crippen MR) is 48.5 cm³/mol. The molecule has 0 fully saturated rings. The van der Waals surface area contributed by atoms with E-state index in [4.69, 9.17) is 0 Å². The van der Waals surface area contributed by atoms with Crippen LogP contribution >= 0.6 is 0 Å². The summed E-state index contributed by atoms with van der Waals surface area (Å²) in [6.45, 7) is 5.70. The molecule has 1 rings (SSSR count). The largest absolute Gasteiger partial charge is 0.366 e. The van der Waals surface area contributed by atoms with Gasteiger partial charge in [0.2, 0.25) is 0 Å². The van der Waals surface area contributed by atoms with Gasteiger partial charge in [0.25, 0.3) is 0 Å². The fourth-order valence-corrected chi connectivity index (χ4v) is 0.966. The Hall–Kier alpha value is -1.31. The van der Waals surface area contributed by atoms with Crippen LogP contribution in [0.25, 0.3) is 0 Å². The zero-order valence-electron chi connectivity index (χ0n) is 6.62. The van der Waals surface area contributed by atoms with Crippen LogP contribution in [0.5, 0.6) is 0 Å². The Morgan fingerprint density at radius 1 is 1.73 bits per heavy atom. The van der Waals surface area contributed by atoms with E-state index in [0.29, 0.717) is 0 Å². The molecule has 2 heteroatoms. The molecule has 0 bridgehead atoms. The van der Waals surface area contributed by atoms with Gasteiger partial charge < -0.3 is 5.32 Å². The third kappa shape index (κ3) is 1.80. The van der Waals surface area contributed by atoms with Crippen molar-refractivity contribution in [3.8, 4) is 0 Å². The Bertz CT molecular complexity index is 224. The minimum atomic E-state index is 0.212. The summed E-state index contributed by atoms with van der Waals surface area (Å²) in [5.41, 5.74) is 1.14. The van der Waals surface area contributed by atoms with E-state index in [9.17, 15) is 0 Å². The van der Waals surface area contributed by atoms with Gasteiger partial charge in [-0.05, 0) is 12.5 Å². The fraction of sp³-hybridized carbons (Fsp3) is 0.222. The highest BCUT2D eigenvalue weighted by molar-refractivity contribution is 5.60. The molecule has 1 atom stereocenters. The normalized spacial score (nSPS) is 23.0. The lowest BCUT2D eigenvalue weighted by atomic mass is 10.1. The smallest absolute Gasteiger partial charge is 0.0886 e. The summed E-state index contributed by atoms with van der Waals surface area (Å²) in [4.78, 5) is 3.98. The van der Waals surface area contributed by atoms with Gasteiger partial charge in [-0.3, -0.25) is 0 Å². The lowest BCUT2D eigenvalue weighted by Crippen LogP contribution is -2.29. The molecule has 1 N–H and O–H groups in total. The lowest BCUT2D eigenvalue weighted by Gasteiger charge is -2.15. The Labute approximate surface area is 67.0 Å². The van der Waals surface area contributed by atoms with Crippen LogP contribution in [0.2, 0.25) is 0 Å². The number of nitrogens with zero attached hydrogens (tertiary/aromatic N) is 1. The molecule has 0 spiro atoms. The summed E-state index contributed by atoms with van der Waals surface area (Å²) in [6, 6.07) is 0.212. The number of allylic oxidation sites excluding steroid dienone is 1. The van der Waals surface area contributed by atoms with Gasteiger partial charge in [-0.15, -0.1) is 6.58 Å². The zero-order chi connectivity index (χ0) is 8.10. The summed E-state index contributed by atoms with van der Waals surface area (Å²) in [5, 5.41) is 3.07. The third-order valence-corrected chi connectivity index (χ3v) is 1.51. The van der Waals surface area contributed by atoms with E-state index in [-0.39, 0.29) is 6.04 Å². The lowest BCUT2D eigenvalue weighted by molar-refractivity contribution is 0.847. The Kier molecular flexibility index (Phi) is 2.66. The van der Waals surface area contributed by atoms with E-state index in [0.717, 1.165) is 5.57 Å². The van der Waals surface area contributed by atoms with E-state index in [1.165, 1.54) is 0 Å². The van der Waals surface area contributed by atoms with E-state index in [2.05, 4.69) is 16.9 Å². The molecule has 0 saturated heterocycles. The van der Waals surface area contributed by atoms with E-state index >= 15 is 0 Å². The highest BCUT2D eigenvalue weighted by Crippen LogP contribution is 2.07. The molecule has 11 heavy (non-hydrogen) atoms. The van der Waals surface area contributed by atoms with Crippen LogP contribution in [0.15, 0.2) is 41.6 Å². The van der Waals surface area contributed by atoms with Crippen molar-refractivity contribution < 1.29 is 0 Å². The molecule has 0 aromatic rings. The van der Waals surface area contributed by atoms with Crippen molar-refractivity contribution in [1.82, 2.24) is 5.32 Å². The van der Waals surface area contributed by atoms with Crippen molar-refractivity contribution in [1.29, 1.82) is 0 Å². The van der Waals surface area contributed by atoms with Crippen LogP contribution < -0.4 is 5.32 Å². The van der Waals surface area contributed by atoms with Gasteiger partial charge in [-0.1, -0.05) is 18.2 Å². The molecule has 0 amide bonds. The van der Waals surface area contributed by atoms with Gasteiger partial charge >= 0.3 is 0 Å². The summed E-state index contributed by atoms with van der Waals surface area (Å²) < 4.78 is 0. The quantitative estimate of drug-likeness (QED) is 0.591. The molecular formula is C9H12N2. The number of rotatable bonds is 2. The molecule has 1 aliphatic rings. The molecule has 58 valence electrons. The minimum absolute atomic E-state index is 0.212. The monoisotopic (exact) mass is 148 g/mol. The van der Waals surface area contributed by atoms with Crippen molar-refractivity contribution in [2.45, 2.75) is 13.0 Å². The van der Waals surface area contributed by atoms with Crippen molar-refractivity contribution in [3.05, 3.63) is 36.6 Å². The van der Waals surface area contributed by atoms with Crippen molar-refractivity contribution in [3.63, 3.8) is 0 Å². The van der Waals surface area contributed by atoms with Crippen LogP contribution in [0.3, 0.4) is 0 Å². The summed E-state index contributed by atoms with van der Waals surface area (Å²) in [6.07, 6.45) is 9.39. The number of nitrogens with one attached hydrogen (secondary N) is 1. The van der Waals surface area contributed by atoms with Gasteiger partial charge in [0.15, 0.2) is 0 Å². The molecule has 1 unspecified atom stereocenters. The van der Waals surface area contributed by atoms with Crippen LogP contribution in [0.4, 0.5) is 0 Å². The van der Waals surface area contributed by atoms with Gasteiger partial charge in [-0.2, -0.15) is 0 Å². The SMILES string of the molecule is C=CC1NC=NC=C1/C=C\C. The van der Waals surface area contributed by atoms with E-state index in [1.54, 1.807) is 6.34 Å². The molecule has 2 nitrogen and oxygen atoms in total. The van der Waals surface area contributed by atoms with E-state index in [1.807, 2.05) is 31.4 Å². The molecule has 0 saturated carbocycles. The average Bonchev–Trinajstić information content (AvgIpc) is 2.06. The molecule has 1 aliphatic heterocycles. The fourth-order valence-electron chi connectivity index (χ4n) is 0.966. The third-order valence-electron chi connectivity index (χ3n) is 1.51. The first-order valence-corrected chi connectivity index (χ1v) is 3.61. The summed E-state index contributed by atoms with van der Waals surface area (Å²) in [5.74, 6) is 0. The molecule has 0 aromatic carbocycles.